The number of anilines is 1. The van der Waals surface area contributed by atoms with Crippen LogP contribution in [-0.2, 0) is 32.0 Å². The van der Waals surface area contributed by atoms with E-state index in [2.05, 4.69) is 0 Å². The molecule has 2 aromatic heterocycles. The van der Waals surface area contributed by atoms with E-state index in [0.717, 1.165) is 27.3 Å². The van der Waals surface area contributed by atoms with Crippen LogP contribution in [0.1, 0.15) is 39.9 Å². The van der Waals surface area contributed by atoms with Gasteiger partial charge in [-0.2, -0.15) is 26.3 Å². The molecule has 2 unspecified atom stereocenters. The highest BCUT2D eigenvalue weighted by atomic mass is 19.4. The van der Waals surface area contributed by atoms with Crippen LogP contribution in [0, 0.1) is 12.7 Å². The van der Waals surface area contributed by atoms with Gasteiger partial charge in [0.15, 0.2) is 0 Å². The van der Waals surface area contributed by atoms with E-state index in [9.17, 15) is 45.4 Å². The SMILES string of the molecule is Cc1c(N2CCN(Cc3ccc(C(F)(F)F)o3)C(CO)C2)c(=O)n(CC(N)c2ccccc2)c(=O)n1Cc1c(F)cccc1C(F)(F)F. The Balaban J connectivity index is 1.55. The number of rotatable bonds is 9. The number of alkyl halides is 6. The summed E-state index contributed by atoms with van der Waals surface area (Å²) >= 11 is 0. The van der Waals surface area contributed by atoms with E-state index < -0.39 is 71.5 Å². The molecule has 2 aromatic carbocycles. The number of hydrogen-bond donors (Lipinski definition) is 2. The van der Waals surface area contributed by atoms with Crippen molar-refractivity contribution in [3.05, 3.63) is 121 Å². The van der Waals surface area contributed by atoms with Crippen LogP contribution in [0.3, 0.4) is 0 Å². The fourth-order valence-corrected chi connectivity index (χ4v) is 5.94. The number of nitrogens with zero attached hydrogens (tertiary/aromatic N) is 4. The molecule has 1 saturated heterocycles. The number of aliphatic hydroxyl groups is 1. The lowest BCUT2D eigenvalue weighted by molar-refractivity contribution is -0.153. The van der Waals surface area contributed by atoms with Crippen LogP contribution in [0.25, 0.3) is 0 Å². The van der Waals surface area contributed by atoms with E-state index in [1.54, 1.807) is 40.1 Å². The average Bonchev–Trinajstić information content (AvgIpc) is 3.52. The van der Waals surface area contributed by atoms with Gasteiger partial charge in [0, 0.05) is 36.9 Å². The molecule has 9 nitrogen and oxygen atoms in total. The molecular weight excluding hydrogens is 651 g/mol. The van der Waals surface area contributed by atoms with Gasteiger partial charge in [0.2, 0.25) is 5.76 Å². The lowest BCUT2D eigenvalue weighted by Crippen LogP contribution is -2.56. The molecule has 4 aromatic rings. The highest BCUT2D eigenvalue weighted by Gasteiger charge is 2.37. The molecule has 16 heteroatoms. The van der Waals surface area contributed by atoms with Crippen LogP contribution < -0.4 is 21.9 Å². The van der Waals surface area contributed by atoms with Crippen molar-refractivity contribution < 1.29 is 40.3 Å². The van der Waals surface area contributed by atoms with Gasteiger partial charge in [0.1, 0.15) is 17.3 Å². The van der Waals surface area contributed by atoms with Gasteiger partial charge in [-0.1, -0.05) is 36.4 Å². The molecule has 2 atom stereocenters. The van der Waals surface area contributed by atoms with Gasteiger partial charge in [-0.05, 0) is 36.8 Å². The summed E-state index contributed by atoms with van der Waals surface area (Å²) in [5.74, 6) is -2.37. The van der Waals surface area contributed by atoms with Crippen LogP contribution in [0.4, 0.5) is 36.4 Å². The Labute approximate surface area is 269 Å². The van der Waals surface area contributed by atoms with Crippen LogP contribution in [0.2, 0.25) is 0 Å². The number of nitrogens with two attached hydrogens (primary N) is 1. The van der Waals surface area contributed by atoms with Crippen LogP contribution >= 0.6 is 0 Å². The van der Waals surface area contributed by atoms with Crippen molar-refractivity contribution in [2.45, 2.75) is 51.0 Å². The quantitative estimate of drug-likeness (QED) is 0.250. The summed E-state index contributed by atoms with van der Waals surface area (Å²) in [6.07, 6.45) is -9.62. The zero-order chi connectivity index (χ0) is 35.0. The van der Waals surface area contributed by atoms with E-state index in [4.69, 9.17) is 10.2 Å². The van der Waals surface area contributed by atoms with E-state index in [-0.39, 0.29) is 49.9 Å². The van der Waals surface area contributed by atoms with Gasteiger partial charge in [0.05, 0.1) is 37.8 Å². The van der Waals surface area contributed by atoms with E-state index in [0.29, 0.717) is 11.6 Å². The first-order chi connectivity index (χ1) is 22.6. The molecule has 0 aliphatic carbocycles. The van der Waals surface area contributed by atoms with Gasteiger partial charge in [-0.15, -0.1) is 0 Å². The van der Waals surface area contributed by atoms with E-state index in [1.165, 1.54) is 13.0 Å². The number of aliphatic hydroxyl groups excluding tert-OH is 1. The fourth-order valence-electron chi connectivity index (χ4n) is 5.94. The largest absolute Gasteiger partial charge is 0.455 e. The van der Waals surface area contributed by atoms with Gasteiger partial charge < -0.3 is 20.2 Å². The summed E-state index contributed by atoms with van der Waals surface area (Å²) in [6.45, 7) is -0.260. The van der Waals surface area contributed by atoms with Crippen molar-refractivity contribution in [2.75, 3.05) is 31.1 Å². The number of piperazine rings is 1. The highest BCUT2D eigenvalue weighted by Crippen LogP contribution is 2.34. The van der Waals surface area contributed by atoms with Gasteiger partial charge in [-0.25, -0.2) is 9.18 Å². The topological polar surface area (TPSA) is 110 Å². The molecule has 0 bridgehead atoms. The number of benzene rings is 2. The number of hydrogen-bond acceptors (Lipinski definition) is 7. The highest BCUT2D eigenvalue weighted by molar-refractivity contribution is 5.50. The molecule has 1 fully saturated rings. The first-order valence-corrected chi connectivity index (χ1v) is 14.8. The van der Waals surface area contributed by atoms with E-state index in [1.807, 2.05) is 0 Å². The van der Waals surface area contributed by atoms with Crippen LogP contribution in [-0.4, -0.2) is 51.4 Å². The van der Waals surface area contributed by atoms with Crippen molar-refractivity contribution in [1.29, 1.82) is 0 Å². The van der Waals surface area contributed by atoms with Crippen molar-refractivity contribution in [3.63, 3.8) is 0 Å². The summed E-state index contributed by atoms with van der Waals surface area (Å²) in [6, 6.07) is 11.3. The molecular formula is C32H32F7N5O4. The lowest BCUT2D eigenvalue weighted by atomic mass is 10.1. The molecule has 0 radical (unpaired) electrons. The number of furan rings is 1. The minimum Gasteiger partial charge on any atom is -0.455 e. The summed E-state index contributed by atoms with van der Waals surface area (Å²) < 4.78 is 102. The zero-order valence-electron chi connectivity index (χ0n) is 25.6. The normalized spacial score (nSPS) is 16.8. The van der Waals surface area contributed by atoms with E-state index >= 15 is 0 Å². The third-order valence-corrected chi connectivity index (χ3v) is 8.44. The molecule has 0 amide bonds. The smallest absolute Gasteiger partial charge is 0.449 e. The van der Waals surface area contributed by atoms with Gasteiger partial charge in [-0.3, -0.25) is 18.8 Å². The second-order valence-corrected chi connectivity index (χ2v) is 11.5. The molecule has 1 aliphatic heterocycles. The zero-order valence-corrected chi connectivity index (χ0v) is 25.6. The Bertz CT molecular complexity index is 1870. The summed E-state index contributed by atoms with van der Waals surface area (Å²) in [5.41, 5.74) is 2.93. The minimum atomic E-state index is -4.94. The number of halogens is 7. The van der Waals surface area contributed by atoms with Gasteiger partial charge in [0.25, 0.3) is 5.56 Å². The maximum Gasteiger partial charge on any atom is 0.449 e. The third kappa shape index (κ3) is 7.19. The lowest BCUT2D eigenvalue weighted by Gasteiger charge is -2.41. The summed E-state index contributed by atoms with van der Waals surface area (Å²) in [5, 5.41) is 10.2. The molecule has 5 rings (SSSR count). The average molecular weight is 684 g/mol. The maximum absolute atomic E-state index is 15.0. The standard InChI is InChI=1S/C32H32F7N5O4/c1-19-28(42-13-12-41(21(14-42)18-45)15-22-10-11-27(48-22)32(37,38)39)29(46)44(17-26(40)20-6-3-2-4-7-20)30(47)43(19)16-23-24(31(34,35)36)8-5-9-25(23)33/h2-11,21,26,45H,12-18,40H2,1H3. The molecule has 0 saturated carbocycles. The Hall–Kier alpha value is -4.41. The van der Waals surface area contributed by atoms with Crippen LogP contribution in [0.15, 0.2) is 74.7 Å². The Morgan fingerprint density at radius 1 is 0.917 bits per heavy atom. The molecule has 3 heterocycles. The number of aromatic nitrogens is 2. The summed E-state index contributed by atoms with van der Waals surface area (Å²) in [4.78, 5) is 31.1. The molecule has 0 spiro atoms. The second kappa shape index (κ2) is 13.6. The molecule has 258 valence electrons. The van der Waals surface area contributed by atoms with Crippen molar-refractivity contribution >= 4 is 5.69 Å². The van der Waals surface area contributed by atoms with Gasteiger partial charge >= 0.3 is 18.0 Å². The minimum absolute atomic E-state index is 0.00145. The first kappa shape index (κ1) is 34.9. The Morgan fingerprint density at radius 2 is 1.62 bits per heavy atom. The maximum atomic E-state index is 15.0. The summed E-state index contributed by atoms with van der Waals surface area (Å²) in [7, 11) is 0. The molecule has 1 aliphatic rings. The molecule has 3 N–H and O–H groups in total. The molecule has 48 heavy (non-hydrogen) atoms. The second-order valence-electron chi connectivity index (χ2n) is 11.5. The monoisotopic (exact) mass is 683 g/mol. The van der Waals surface area contributed by atoms with Crippen LogP contribution in [0.5, 0.6) is 0 Å². The third-order valence-electron chi connectivity index (χ3n) is 8.44. The van der Waals surface area contributed by atoms with Crippen molar-refractivity contribution in [1.82, 2.24) is 14.0 Å². The van der Waals surface area contributed by atoms with Crippen molar-refractivity contribution in [2.24, 2.45) is 5.73 Å². The first-order valence-electron chi connectivity index (χ1n) is 14.8. The van der Waals surface area contributed by atoms with Crippen molar-refractivity contribution in [3.8, 4) is 0 Å². The predicted molar refractivity (Wildman–Crippen MR) is 161 cm³/mol. The Morgan fingerprint density at radius 3 is 2.25 bits per heavy atom. The fraction of sp³-hybridized carbons (Fsp3) is 0.375. The Kier molecular flexibility index (Phi) is 9.89. The predicted octanol–water partition coefficient (Wildman–Crippen LogP) is 4.52.